The number of benzene rings is 1. The van der Waals surface area contributed by atoms with E-state index < -0.39 is 0 Å². The molecule has 0 spiro atoms. The summed E-state index contributed by atoms with van der Waals surface area (Å²) in [7, 11) is 2.03. The van der Waals surface area contributed by atoms with Gasteiger partial charge in [-0.3, -0.25) is 0 Å². The van der Waals surface area contributed by atoms with Crippen LogP contribution in [0.5, 0.6) is 0 Å². The van der Waals surface area contributed by atoms with Crippen LogP contribution in [0, 0.1) is 6.92 Å². The number of aromatic nitrogens is 5. The van der Waals surface area contributed by atoms with Crippen molar-refractivity contribution in [2.75, 3.05) is 18.5 Å². The van der Waals surface area contributed by atoms with Crippen molar-refractivity contribution in [2.45, 2.75) is 19.8 Å². The van der Waals surface area contributed by atoms with Gasteiger partial charge in [0.2, 0.25) is 0 Å². The lowest BCUT2D eigenvalue weighted by Gasteiger charge is -2.17. The molecule has 0 saturated heterocycles. The Bertz CT molecular complexity index is 1010. The summed E-state index contributed by atoms with van der Waals surface area (Å²) in [5, 5.41) is 16.8. The van der Waals surface area contributed by atoms with Crippen molar-refractivity contribution in [1.82, 2.24) is 25.0 Å². The minimum absolute atomic E-state index is 0.759. The van der Waals surface area contributed by atoms with E-state index in [1.165, 1.54) is 0 Å². The van der Waals surface area contributed by atoms with Crippen LogP contribution >= 0.6 is 0 Å². The summed E-state index contributed by atoms with van der Waals surface area (Å²) in [5.41, 5.74) is 2.71. The third-order valence-electron chi connectivity index (χ3n) is 4.34. The maximum absolute atomic E-state index is 5.46. The van der Waals surface area contributed by atoms with E-state index in [0.717, 1.165) is 53.7 Å². The Balaban J connectivity index is 1.36. The first-order valence-corrected chi connectivity index (χ1v) is 8.62. The summed E-state index contributed by atoms with van der Waals surface area (Å²) >= 11 is 0. The maximum atomic E-state index is 5.46. The van der Waals surface area contributed by atoms with Crippen molar-refractivity contribution < 1.29 is 4.52 Å². The molecule has 3 heterocycles. The largest absolute Gasteiger partial charge is 0.361 e. The number of rotatable bonds is 6. The molecule has 3 aromatic heterocycles. The highest BCUT2D eigenvalue weighted by molar-refractivity contribution is 5.58. The van der Waals surface area contributed by atoms with Crippen molar-refractivity contribution >= 4 is 11.5 Å². The molecule has 0 aliphatic rings. The molecule has 0 fully saturated rings. The van der Waals surface area contributed by atoms with Gasteiger partial charge in [-0.2, -0.15) is 4.52 Å². The highest BCUT2D eigenvalue weighted by atomic mass is 16.5. The average Bonchev–Trinajstić information content (AvgIpc) is 3.29. The number of nitrogens with zero attached hydrogens (tertiary/aromatic N) is 6. The molecule has 26 heavy (non-hydrogen) atoms. The molecule has 7 heteroatoms. The van der Waals surface area contributed by atoms with E-state index in [2.05, 4.69) is 25.4 Å². The molecule has 0 bridgehead atoms. The van der Waals surface area contributed by atoms with Crippen molar-refractivity contribution in [3.63, 3.8) is 0 Å². The second-order valence-corrected chi connectivity index (χ2v) is 6.28. The third kappa shape index (κ3) is 3.28. The molecule has 7 nitrogen and oxygen atoms in total. The molecular formula is C19H20N6O. The second-order valence-electron chi connectivity index (χ2n) is 6.28. The standard InChI is InChI=1S/C19H20N6O/c1-14-20-21-18-10-11-19(22-25(14)18)24(2)12-6-9-16-13-17(23-26-16)15-7-4-3-5-8-15/h3-5,7-8,10-11,13H,6,9,12H2,1-2H3. The van der Waals surface area contributed by atoms with Gasteiger partial charge in [0.25, 0.3) is 0 Å². The van der Waals surface area contributed by atoms with E-state index in [9.17, 15) is 0 Å². The highest BCUT2D eigenvalue weighted by Gasteiger charge is 2.09. The Morgan fingerprint density at radius 2 is 1.92 bits per heavy atom. The molecule has 4 rings (SSSR count). The van der Waals surface area contributed by atoms with Crippen LogP contribution in [0.2, 0.25) is 0 Å². The number of hydrogen-bond acceptors (Lipinski definition) is 6. The first kappa shape index (κ1) is 16.3. The van der Waals surface area contributed by atoms with Crippen molar-refractivity contribution in [3.05, 3.63) is 60.1 Å². The van der Waals surface area contributed by atoms with Gasteiger partial charge in [0, 0.05) is 31.6 Å². The van der Waals surface area contributed by atoms with Crippen molar-refractivity contribution in [3.8, 4) is 11.3 Å². The summed E-state index contributed by atoms with van der Waals surface area (Å²) in [5.74, 6) is 2.57. The summed E-state index contributed by atoms with van der Waals surface area (Å²) < 4.78 is 7.22. The first-order valence-electron chi connectivity index (χ1n) is 8.62. The summed E-state index contributed by atoms with van der Waals surface area (Å²) in [6.45, 7) is 2.76. The predicted molar refractivity (Wildman–Crippen MR) is 99.0 cm³/mol. The molecular weight excluding hydrogens is 328 g/mol. The zero-order chi connectivity index (χ0) is 17.9. The topological polar surface area (TPSA) is 72.3 Å². The van der Waals surface area contributed by atoms with Crippen LogP contribution in [0.4, 0.5) is 5.82 Å². The molecule has 0 aliphatic carbocycles. The summed E-state index contributed by atoms with van der Waals surface area (Å²) in [4.78, 5) is 2.12. The average molecular weight is 348 g/mol. The molecule has 0 radical (unpaired) electrons. The van der Waals surface area contributed by atoms with E-state index in [-0.39, 0.29) is 0 Å². The van der Waals surface area contributed by atoms with Gasteiger partial charge in [-0.05, 0) is 25.5 Å². The van der Waals surface area contributed by atoms with E-state index in [1.807, 2.05) is 62.5 Å². The second kappa shape index (κ2) is 6.95. The predicted octanol–water partition coefficient (Wildman–Crippen LogP) is 3.16. The van der Waals surface area contributed by atoms with Crippen LogP contribution in [0.15, 0.2) is 53.1 Å². The van der Waals surface area contributed by atoms with E-state index in [4.69, 9.17) is 4.52 Å². The van der Waals surface area contributed by atoms with E-state index >= 15 is 0 Å². The van der Waals surface area contributed by atoms with Crippen LogP contribution in [0.25, 0.3) is 16.9 Å². The van der Waals surface area contributed by atoms with Crippen molar-refractivity contribution in [2.24, 2.45) is 0 Å². The number of hydrogen-bond donors (Lipinski definition) is 0. The van der Waals surface area contributed by atoms with Crippen LogP contribution < -0.4 is 4.90 Å². The van der Waals surface area contributed by atoms with E-state index in [0.29, 0.717) is 0 Å². The summed E-state index contributed by atoms with van der Waals surface area (Å²) in [6.07, 6.45) is 1.78. The van der Waals surface area contributed by atoms with Crippen LogP contribution in [-0.4, -0.2) is 38.6 Å². The Labute approximate surface area is 151 Å². The molecule has 0 amide bonds. The third-order valence-corrected chi connectivity index (χ3v) is 4.34. The fraction of sp³-hybridized carbons (Fsp3) is 0.263. The van der Waals surface area contributed by atoms with Crippen LogP contribution in [0.1, 0.15) is 18.0 Å². The van der Waals surface area contributed by atoms with Gasteiger partial charge in [-0.15, -0.1) is 15.3 Å². The number of aryl methyl sites for hydroxylation is 2. The zero-order valence-corrected chi connectivity index (χ0v) is 14.8. The van der Waals surface area contributed by atoms with Gasteiger partial charge < -0.3 is 9.42 Å². The fourth-order valence-corrected chi connectivity index (χ4v) is 2.87. The number of fused-ring (bicyclic) bond motifs is 1. The maximum Gasteiger partial charge on any atom is 0.178 e. The lowest BCUT2D eigenvalue weighted by molar-refractivity contribution is 0.383. The van der Waals surface area contributed by atoms with Crippen molar-refractivity contribution in [1.29, 1.82) is 0 Å². The van der Waals surface area contributed by atoms with Gasteiger partial charge in [-0.1, -0.05) is 35.5 Å². The number of anilines is 1. The van der Waals surface area contributed by atoms with Gasteiger partial charge in [0.15, 0.2) is 11.5 Å². The van der Waals surface area contributed by atoms with E-state index in [1.54, 1.807) is 4.52 Å². The van der Waals surface area contributed by atoms with Gasteiger partial charge >= 0.3 is 0 Å². The quantitative estimate of drug-likeness (QED) is 0.533. The smallest absolute Gasteiger partial charge is 0.178 e. The lowest BCUT2D eigenvalue weighted by atomic mass is 10.1. The molecule has 0 atom stereocenters. The Kier molecular flexibility index (Phi) is 4.35. The minimum Gasteiger partial charge on any atom is -0.361 e. The minimum atomic E-state index is 0.759. The molecule has 4 aromatic rings. The van der Waals surface area contributed by atoms with Gasteiger partial charge in [-0.25, -0.2) is 0 Å². The molecule has 0 saturated carbocycles. The molecule has 0 N–H and O–H groups in total. The molecule has 1 aromatic carbocycles. The van der Waals surface area contributed by atoms with Gasteiger partial charge in [0.1, 0.15) is 17.3 Å². The normalized spacial score (nSPS) is 11.2. The molecule has 132 valence electrons. The zero-order valence-electron chi connectivity index (χ0n) is 14.8. The first-order chi connectivity index (χ1) is 12.7. The Hall–Kier alpha value is -3.22. The van der Waals surface area contributed by atoms with Crippen LogP contribution in [0.3, 0.4) is 0 Å². The Morgan fingerprint density at radius 3 is 2.77 bits per heavy atom. The lowest BCUT2D eigenvalue weighted by Crippen LogP contribution is -2.21. The monoisotopic (exact) mass is 348 g/mol. The SMILES string of the molecule is Cc1nnc2ccc(N(C)CCCc3cc(-c4ccccc4)no3)nn12. The fourth-order valence-electron chi connectivity index (χ4n) is 2.87. The highest BCUT2D eigenvalue weighted by Crippen LogP contribution is 2.19. The summed E-state index contributed by atoms with van der Waals surface area (Å²) in [6, 6.07) is 16.0. The Morgan fingerprint density at radius 1 is 1.08 bits per heavy atom. The van der Waals surface area contributed by atoms with Crippen LogP contribution in [-0.2, 0) is 6.42 Å². The molecule has 0 unspecified atom stereocenters. The molecule has 0 aliphatic heterocycles. The van der Waals surface area contributed by atoms with Gasteiger partial charge in [0.05, 0.1) is 0 Å².